The van der Waals surface area contributed by atoms with Gasteiger partial charge in [0.1, 0.15) is 24.0 Å². The van der Waals surface area contributed by atoms with E-state index in [0.717, 1.165) is 30.8 Å². The monoisotopic (exact) mass is 471 g/mol. The highest BCUT2D eigenvalue weighted by Gasteiger charge is 2.53. The molecule has 0 radical (unpaired) electrons. The number of carbonyl (C=O) groups excluding carboxylic acids is 1. The number of amides is 1. The van der Waals surface area contributed by atoms with E-state index < -0.39 is 11.2 Å². The Morgan fingerprint density at radius 2 is 1.91 bits per heavy atom. The highest BCUT2D eigenvalue weighted by molar-refractivity contribution is 6.08. The topological polar surface area (TPSA) is 91.0 Å². The minimum Gasteiger partial charge on any atom is -0.491 e. The summed E-state index contributed by atoms with van der Waals surface area (Å²) in [5.41, 5.74) is 0.665. The van der Waals surface area contributed by atoms with E-state index in [9.17, 15) is 9.59 Å². The van der Waals surface area contributed by atoms with Crippen LogP contribution in [0.2, 0.25) is 0 Å². The van der Waals surface area contributed by atoms with Gasteiger partial charge in [-0.2, -0.15) is 4.98 Å². The van der Waals surface area contributed by atoms with Gasteiger partial charge in [-0.1, -0.05) is 0 Å². The summed E-state index contributed by atoms with van der Waals surface area (Å²) in [4.78, 5) is 39.3. The van der Waals surface area contributed by atoms with E-state index in [4.69, 9.17) is 14.5 Å². The molecule has 1 N–H and O–H groups in total. The van der Waals surface area contributed by atoms with Crippen molar-refractivity contribution in [3.63, 3.8) is 0 Å². The van der Waals surface area contributed by atoms with E-state index in [1.165, 1.54) is 11.0 Å². The van der Waals surface area contributed by atoms with Crippen molar-refractivity contribution in [2.75, 3.05) is 68.8 Å². The lowest BCUT2D eigenvalue weighted by Crippen LogP contribution is -2.49. The molecule has 0 unspecified atom stereocenters. The summed E-state index contributed by atoms with van der Waals surface area (Å²) in [7, 11) is 5.20. The van der Waals surface area contributed by atoms with Gasteiger partial charge in [-0.25, -0.2) is 4.39 Å². The summed E-state index contributed by atoms with van der Waals surface area (Å²) >= 11 is 0. The standard InChI is InChI=1S/C24H30FN5O4/c1-28-8-4-5-16-20(28)26-23(27-21(16)31)30-9-6-24(7-10-30)19-17(25)13-15(34-12-11-33-3)14-18(19)29(2)22(24)32/h13-14H,4-12H2,1-3H3,(H,26,27,31). The van der Waals surface area contributed by atoms with Gasteiger partial charge in [0.2, 0.25) is 11.9 Å². The van der Waals surface area contributed by atoms with Crippen LogP contribution in [0.3, 0.4) is 0 Å². The zero-order valence-corrected chi connectivity index (χ0v) is 19.8. The van der Waals surface area contributed by atoms with E-state index in [-0.39, 0.29) is 11.5 Å². The molecule has 5 rings (SSSR count). The van der Waals surface area contributed by atoms with Crippen molar-refractivity contribution >= 4 is 23.4 Å². The lowest BCUT2D eigenvalue weighted by atomic mass is 9.73. The lowest BCUT2D eigenvalue weighted by molar-refractivity contribution is -0.123. The molecule has 1 amide bonds. The largest absolute Gasteiger partial charge is 0.491 e. The molecule has 9 nitrogen and oxygen atoms in total. The number of hydrogen-bond donors (Lipinski definition) is 1. The summed E-state index contributed by atoms with van der Waals surface area (Å²) in [5, 5.41) is 0. The Labute approximate surface area is 197 Å². The molecule has 182 valence electrons. The Hall–Kier alpha value is -3.14. The van der Waals surface area contributed by atoms with Crippen LogP contribution in [0.15, 0.2) is 16.9 Å². The Bertz CT molecular complexity index is 1170. The number of halogens is 1. The Kier molecular flexibility index (Phi) is 5.71. The first-order valence-electron chi connectivity index (χ1n) is 11.7. The summed E-state index contributed by atoms with van der Waals surface area (Å²) in [5.74, 6) is 1.07. The predicted molar refractivity (Wildman–Crippen MR) is 127 cm³/mol. The number of aromatic amines is 1. The van der Waals surface area contributed by atoms with E-state index in [0.29, 0.717) is 62.1 Å². The van der Waals surface area contributed by atoms with Crippen LogP contribution in [-0.4, -0.2) is 69.9 Å². The third-order valence-electron chi connectivity index (χ3n) is 7.33. The number of likely N-dealkylation sites (N-methyl/N-ethyl adjacent to an activating group) is 1. The fraction of sp³-hybridized carbons (Fsp3) is 0.542. The molecule has 3 aliphatic heterocycles. The molecular weight excluding hydrogens is 441 g/mol. The quantitative estimate of drug-likeness (QED) is 0.666. The van der Waals surface area contributed by atoms with Gasteiger partial charge in [0.25, 0.3) is 5.56 Å². The van der Waals surface area contributed by atoms with Crippen LogP contribution < -0.4 is 25.0 Å². The van der Waals surface area contributed by atoms with Gasteiger partial charge < -0.3 is 24.2 Å². The van der Waals surface area contributed by atoms with Gasteiger partial charge in [0, 0.05) is 58.5 Å². The maximum absolute atomic E-state index is 15.4. The first-order valence-corrected chi connectivity index (χ1v) is 11.7. The second-order valence-corrected chi connectivity index (χ2v) is 9.29. The molecule has 34 heavy (non-hydrogen) atoms. The summed E-state index contributed by atoms with van der Waals surface area (Å²) < 4.78 is 26.0. The van der Waals surface area contributed by atoms with E-state index in [1.54, 1.807) is 20.2 Å². The number of rotatable bonds is 5. The van der Waals surface area contributed by atoms with Crippen molar-refractivity contribution < 1.29 is 18.7 Å². The second kappa shape index (κ2) is 8.57. The minimum absolute atomic E-state index is 0.110. The third kappa shape index (κ3) is 3.51. The Balaban J connectivity index is 1.41. The number of methoxy groups -OCH3 is 1. The second-order valence-electron chi connectivity index (χ2n) is 9.29. The van der Waals surface area contributed by atoms with Gasteiger partial charge in [0.05, 0.1) is 23.3 Å². The first-order chi connectivity index (χ1) is 16.4. The average molecular weight is 472 g/mol. The maximum atomic E-state index is 15.4. The van der Waals surface area contributed by atoms with E-state index in [1.807, 2.05) is 16.8 Å². The highest BCUT2D eigenvalue weighted by atomic mass is 19.1. The van der Waals surface area contributed by atoms with E-state index >= 15 is 4.39 Å². The molecule has 1 fully saturated rings. The molecule has 10 heteroatoms. The SMILES string of the molecule is COCCOc1cc(F)c2c(c1)N(C)C(=O)C21CCN(c2nc3c(c(=O)[nH]2)CCCN3C)CC1. The number of fused-ring (bicyclic) bond motifs is 3. The molecule has 0 saturated carbocycles. The van der Waals surface area contributed by atoms with Crippen LogP contribution in [0.4, 0.5) is 21.8 Å². The molecular formula is C24H30FN5O4. The average Bonchev–Trinajstić information content (AvgIpc) is 3.02. The number of nitrogens with one attached hydrogen (secondary N) is 1. The van der Waals surface area contributed by atoms with Crippen molar-refractivity contribution in [3.05, 3.63) is 39.4 Å². The van der Waals surface area contributed by atoms with Crippen molar-refractivity contribution in [1.82, 2.24) is 9.97 Å². The number of benzene rings is 1. The van der Waals surface area contributed by atoms with Crippen LogP contribution in [0.1, 0.15) is 30.4 Å². The van der Waals surface area contributed by atoms with Gasteiger partial charge >= 0.3 is 0 Å². The summed E-state index contributed by atoms with van der Waals surface area (Å²) in [6, 6.07) is 3.08. The van der Waals surface area contributed by atoms with Crippen LogP contribution >= 0.6 is 0 Å². The number of carbonyl (C=O) groups is 1. The maximum Gasteiger partial charge on any atom is 0.257 e. The molecule has 3 aliphatic rings. The molecule has 0 bridgehead atoms. The first kappa shape index (κ1) is 22.6. The van der Waals surface area contributed by atoms with Gasteiger partial charge in [0.15, 0.2) is 0 Å². The Morgan fingerprint density at radius 3 is 2.65 bits per heavy atom. The van der Waals surface area contributed by atoms with Crippen LogP contribution in [-0.2, 0) is 21.4 Å². The van der Waals surface area contributed by atoms with Gasteiger partial charge in [-0.05, 0) is 25.7 Å². The number of ether oxygens (including phenoxy) is 2. The molecule has 1 aromatic carbocycles. The fourth-order valence-electron chi connectivity index (χ4n) is 5.50. The number of hydrogen-bond acceptors (Lipinski definition) is 7. The molecule has 4 heterocycles. The van der Waals surface area contributed by atoms with Gasteiger partial charge in [-0.3, -0.25) is 14.6 Å². The normalized spacial score (nSPS) is 18.9. The molecule has 0 atom stereocenters. The van der Waals surface area contributed by atoms with Crippen LogP contribution in [0, 0.1) is 5.82 Å². The molecule has 1 saturated heterocycles. The van der Waals surface area contributed by atoms with Crippen molar-refractivity contribution in [3.8, 4) is 5.75 Å². The number of H-pyrrole nitrogens is 1. The zero-order chi connectivity index (χ0) is 24.0. The third-order valence-corrected chi connectivity index (χ3v) is 7.33. The fourth-order valence-corrected chi connectivity index (χ4v) is 5.50. The number of aromatic nitrogens is 2. The predicted octanol–water partition coefficient (Wildman–Crippen LogP) is 1.83. The zero-order valence-electron chi connectivity index (χ0n) is 19.8. The van der Waals surface area contributed by atoms with Crippen molar-refractivity contribution in [2.45, 2.75) is 31.1 Å². The van der Waals surface area contributed by atoms with Crippen molar-refractivity contribution in [2.24, 2.45) is 0 Å². The smallest absolute Gasteiger partial charge is 0.257 e. The molecule has 0 aliphatic carbocycles. The lowest BCUT2D eigenvalue weighted by Gasteiger charge is -2.39. The van der Waals surface area contributed by atoms with Gasteiger partial charge in [-0.15, -0.1) is 0 Å². The van der Waals surface area contributed by atoms with E-state index in [2.05, 4.69) is 4.98 Å². The Morgan fingerprint density at radius 1 is 1.15 bits per heavy atom. The summed E-state index contributed by atoms with van der Waals surface area (Å²) in [6.07, 6.45) is 2.51. The van der Waals surface area contributed by atoms with Crippen LogP contribution in [0.5, 0.6) is 5.75 Å². The number of nitrogens with zero attached hydrogens (tertiary/aromatic N) is 4. The molecule has 2 aromatic rings. The number of piperidine rings is 1. The molecule has 1 spiro atoms. The van der Waals surface area contributed by atoms with Crippen molar-refractivity contribution in [1.29, 1.82) is 0 Å². The highest BCUT2D eigenvalue weighted by Crippen LogP contribution is 2.50. The number of anilines is 3. The minimum atomic E-state index is -0.930. The molecule has 1 aromatic heterocycles. The van der Waals surface area contributed by atoms with Crippen LogP contribution in [0.25, 0.3) is 0 Å². The summed E-state index contributed by atoms with van der Waals surface area (Å²) in [6.45, 7) is 2.52.